The van der Waals surface area contributed by atoms with E-state index in [1.165, 1.54) is 120 Å². The Morgan fingerprint density at radius 2 is 0.955 bits per heavy atom. The van der Waals surface area contributed by atoms with Gasteiger partial charge in [0.05, 0.1) is 0 Å². The van der Waals surface area contributed by atoms with E-state index in [2.05, 4.69) is 91.8 Å². The summed E-state index contributed by atoms with van der Waals surface area (Å²) in [5, 5.41) is 0. The third-order valence-electron chi connectivity index (χ3n) is 12.3. The molecule has 2 unspecified atom stereocenters. The third-order valence-corrected chi connectivity index (χ3v) is 55.6. The molecule has 2 aromatic rings. The monoisotopic (exact) mass is 724 g/mol. The van der Waals surface area contributed by atoms with Crippen molar-refractivity contribution in [1.82, 2.24) is 0 Å². The van der Waals surface area contributed by atoms with E-state index in [1.54, 1.807) is 0 Å². The number of allylic oxidation sites excluding steroid dienone is 2. The first kappa shape index (κ1) is 33.5. The van der Waals surface area contributed by atoms with Crippen LogP contribution in [0.15, 0.2) is 35.4 Å². The van der Waals surface area contributed by atoms with Crippen molar-refractivity contribution in [1.29, 1.82) is 0 Å². The van der Waals surface area contributed by atoms with Crippen molar-refractivity contribution < 1.29 is 15.0 Å². The SMILES string of the molecule is CC1=Cc2c(C(C)C)ccc(C)c2[CH]1[Zr]([Cl])([Cl])([CH]1C(C)=Cc2c(C(C)C)ccc(C)c21)=[Si](C1CCCCC1)C1CCCCC1. The van der Waals surface area contributed by atoms with E-state index < -0.39 is 20.4 Å². The van der Waals surface area contributed by atoms with Crippen LogP contribution in [0.2, 0.25) is 11.1 Å². The molecule has 2 aromatic carbocycles. The van der Waals surface area contributed by atoms with Crippen LogP contribution in [0.5, 0.6) is 0 Å². The number of benzene rings is 2. The molecule has 6 rings (SSSR count). The first-order valence-corrected chi connectivity index (χ1v) is 32.4. The molecule has 0 N–H and O–H groups in total. The minimum atomic E-state index is -4.99. The molecule has 2 atom stereocenters. The van der Waals surface area contributed by atoms with Crippen LogP contribution in [-0.2, 0) is 15.0 Å². The standard InChI is InChI=1S/2C14H17.C12H22Si.2ClH.Zr/c2*1-9(2)12-6-5-11(4)13-7-10(3)8-14(12)13;1-3-7-11(8-4-1)13-12-9-5-2-6-10-12;;;/h2*5-9H,1-4H3;11-12H,1-10H2;2*1H;/q;;;;;+2/p-2. The molecule has 0 aliphatic heterocycles. The van der Waals surface area contributed by atoms with Gasteiger partial charge in [-0.15, -0.1) is 0 Å². The molecule has 0 radical (unpaired) electrons. The normalized spacial score (nSPS) is 23.2. The van der Waals surface area contributed by atoms with Crippen molar-refractivity contribution in [2.45, 2.75) is 150 Å². The van der Waals surface area contributed by atoms with E-state index in [9.17, 15) is 17.0 Å². The molecular formula is C40H56Cl2SiZr. The molecule has 0 amide bonds. The van der Waals surface area contributed by atoms with Crippen molar-refractivity contribution in [2.24, 2.45) is 0 Å². The Kier molecular flexibility index (Phi) is 9.57. The predicted octanol–water partition coefficient (Wildman–Crippen LogP) is 13.8. The van der Waals surface area contributed by atoms with Crippen molar-refractivity contribution in [2.75, 3.05) is 0 Å². The molecule has 2 fully saturated rings. The van der Waals surface area contributed by atoms with Gasteiger partial charge in [-0.2, -0.15) is 0 Å². The Balaban J connectivity index is 1.78. The fraction of sp³-hybridized carbons (Fsp3) is 0.600. The van der Waals surface area contributed by atoms with Crippen LogP contribution in [0.25, 0.3) is 12.2 Å². The van der Waals surface area contributed by atoms with Crippen LogP contribution in [0.3, 0.4) is 0 Å². The molecule has 0 saturated heterocycles. The Morgan fingerprint density at radius 1 is 0.591 bits per heavy atom. The maximum absolute atomic E-state index is 9.23. The van der Waals surface area contributed by atoms with Crippen LogP contribution in [0.4, 0.5) is 0 Å². The van der Waals surface area contributed by atoms with E-state index in [4.69, 9.17) is 0 Å². The van der Waals surface area contributed by atoms with Crippen LogP contribution >= 0.6 is 17.0 Å². The third kappa shape index (κ3) is 5.31. The summed E-state index contributed by atoms with van der Waals surface area (Å²) in [6, 6.07) is 9.58. The molecule has 4 aliphatic carbocycles. The molecule has 0 bridgehead atoms. The van der Waals surface area contributed by atoms with E-state index in [-0.39, 0.29) is 7.25 Å². The first-order chi connectivity index (χ1) is 20.9. The Hall–Kier alpha value is -0.400. The second-order valence-corrected chi connectivity index (χ2v) is 52.0. The summed E-state index contributed by atoms with van der Waals surface area (Å²) in [6.07, 6.45) is 18.8. The maximum atomic E-state index is 9.23. The first-order valence-electron chi connectivity index (χ1n) is 17.9. The zero-order valence-electron chi connectivity index (χ0n) is 28.8. The summed E-state index contributed by atoms with van der Waals surface area (Å²) >= 11 is -4.99. The average molecular weight is 727 g/mol. The second kappa shape index (κ2) is 12.6. The van der Waals surface area contributed by atoms with Crippen molar-refractivity contribution in [3.8, 4) is 0 Å². The van der Waals surface area contributed by atoms with E-state index >= 15 is 0 Å². The Bertz CT molecular complexity index is 1480. The van der Waals surface area contributed by atoms with Gasteiger partial charge in [-0.1, -0.05) is 0 Å². The summed E-state index contributed by atoms with van der Waals surface area (Å²) in [6.45, 7) is 19.0. The van der Waals surface area contributed by atoms with Crippen molar-refractivity contribution in [3.05, 3.63) is 79.9 Å². The summed E-state index contributed by atoms with van der Waals surface area (Å²) in [4.78, 5) is 0. The zero-order valence-corrected chi connectivity index (χ0v) is 33.7. The van der Waals surface area contributed by atoms with Gasteiger partial charge < -0.3 is 0 Å². The molecule has 2 saturated carbocycles. The zero-order chi connectivity index (χ0) is 31.6. The summed E-state index contributed by atoms with van der Waals surface area (Å²) in [5.41, 5.74) is 15.0. The number of rotatable bonds is 6. The minimum absolute atomic E-state index is 0.202. The number of fused-ring (bicyclic) bond motifs is 2. The van der Waals surface area contributed by atoms with Gasteiger partial charge in [0.15, 0.2) is 0 Å². The number of halogens is 2. The fourth-order valence-electron chi connectivity index (χ4n) is 10.5. The van der Waals surface area contributed by atoms with Gasteiger partial charge in [0.1, 0.15) is 0 Å². The quantitative estimate of drug-likeness (QED) is 0.260. The van der Waals surface area contributed by atoms with Crippen LogP contribution in [-0.4, -0.2) is 5.43 Å². The number of hydrogen-bond donors (Lipinski definition) is 0. The molecule has 0 heterocycles. The van der Waals surface area contributed by atoms with E-state index in [0.29, 0.717) is 11.8 Å². The van der Waals surface area contributed by atoms with Crippen molar-refractivity contribution >= 4 is 34.6 Å². The topological polar surface area (TPSA) is 0 Å². The van der Waals surface area contributed by atoms with Gasteiger partial charge in [-0.05, 0) is 0 Å². The van der Waals surface area contributed by atoms with Gasteiger partial charge in [-0.25, -0.2) is 0 Å². The van der Waals surface area contributed by atoms with Crippen LogP contribution < -0.4 is 0 Å². The molecule has 4 aliphatic rings. The van der Waals surface area contributed by atoms with Gasteiger partial charge in [0.2, 0.25) is 0 Å². The summed E-state index contributed by atoms with van der Waals surface area (Å²) < 4.78 is 0.403. The summed E-state index contributed by atoms with van der Waals surface area (Å²) in [7, 11) is 18.5. The van der Waals surface area contributed by atoms with Crippen LogP contribution in [0.1, 0.15) is 169 Å². The summed E-state index contributed by atoms with van der Waals surface area (Å²) in [5.74, 6) is 0.953. The number of aryl methyl sites for hydroxylation is 2. The van der Waals surface area contributed by atoms with E-state index in [1.807, 2.05) is 0 Å². The van der Waals surface area contributed by atoms with Crippen molar-refractivity contribution in [3.63, 3.8) is 0 Å². The average Bonchev–Trinajstić information content (AvgIpc) is 3.53. The van der Waals surface area contributed by atoms with E-state index in [0.717, 1.165) is 11.1 Å². The molecule has 0 aromatic heterocycles. The van der Waals surface area contributed by atoms with Gasteiger partial charge >= 0.3 is 279 Å². The predicted molar refractivity (Wildman–Crippen MR) is 194 cm³/mol. The van der Waals surface area contributed by atoms with Gasteiger partial charge in [-0.3, -0.25) is 0 Å². The molecule has 0 nitrogen and oxygen atoms in total. The molecule has 0 spiro atoms. The van der Waals surface area contributed by atoms with Crippen LogP contribution in [0, 0.1) is 13.8 Å². The Labute approximate surface area is 277 Å². The molecule has 4 heteroatoms. The second-order valence-electron chi connectivity index (χ2n) is 15.8. The Morgan fingerprint density at radius 3 is 1.30 bits per heavy atom. The molecular weight excluding hydrogens is 671 g/mol. The number of hydrogen-bond acceptors (Lipinski definition) is 0. The van der Waals surface area contributed by atoms with Gasteiger partial charge in [0, 0.05) is 0 Å². The molecule has 238 valence electrons. The molecule has 44 heavy (non-hydrogen) atoms. The van der Waals surface area contributed by atoms with Gasteiger partial charge in [0.25, 0.3) is 0 Å². The fourth-order valence-corrected chi connectivity index (χ4v) is 68.0.